The van der Waals surface area contributed by atoms with Crippen molar-refractivity contribution in [1.29, 1.82) is 0 Å². The summed E-state index contributed by atoms with van der Waals surface area (Å²) in [7, 11) is 0. The first-order chi connectivity index (χ1) is 7.15. The standard InChI is InChI=1S/C10H9Cl2NO2/c11-4-1-5-15-9-3-2-7(12)6-8(9)10(13)14/h1-4,6H,5H2,(H2,13,14)/b4-1+. The molecule has 0 unspecified atom stereocenters. The van der Waals surface area contributed by atoms with Crippen molar-refractivity contribution in [3.63, 3.8) is 0 Å². The van der Waals surface area contributed by atoms with Gasteiger partial charge in [0.1, 0.15) is 12.4 Å². The first-order valence-electron chi connectivity index (χ1n) is 4.12. The van der Waals surface area contributed by atoms with Gasteiger partial charge in [-0.05, 0) is 24.3 Å². The predicted octanol–water partition coefficient (Wildman–Crippen LogP) is 2.57. The first-order valence-corrected chi connectivity index (χ1v) is 4.94. The molecule has 80 valence electrons. The number of hydrogen-bond donors (Lipinski definition) is 1. The summed E-state index contributed by atoms with van der Waals surface area (Å²) in [6.45, 7) is 0.269. The van der Waals surface area contributed by atoms with Crippen molar-refractivity contribution in [3.05, 3.63) is 40.4 Å². The molecule has 0 aliphatic carbocycles. The molecule has 1 rings (SSSR count). The van der Waals surface area contributed by atoms with E-state index in [1.165, 1.54) is 11.6 Å². The smallest absolute Gasteiger partial charge is 0.252 e. The van der Waals surface area contributed by atoms with Gasteiger partial charge in [0.05, 0.1) is 5.56 Å². The summed E-state index contributed by atoms with van der Waals surface area (Å²) in [4.78, 5) is 11.0. The molecule has 0 aromatic heterocycles. The lowest BCUT2D eigenvalue weighted by Crippen LogP contribution is -2.13. The molecule has 0 saturated carbocycles. The maximum absolute atomic E-state index is 11.0. The Kier molecular flexibility index (Phi) is 4.46. The minimum Gasteiger partial charge on any atom is -0.489 e. The van der Waals surface area contributed by atoms with Gasteiger partial charge in [-0.2, -0.15) is 0 Å². The zero-order valence-electron chi connectivity index (χ0n) is 7.74. The van der Waals surface area contributed by atoms with E-state index in [1.807, 2.05) is 0 Å². The molecule has 5 heteroatoms. The van der Waals surface area contributed by atoms with Crippen molar-refractivity contribution in [1.82, 2.24) is 0 Å². The normalized spacial score (nSPS) is 10.5. The van der Waals surface area contributed by atoms with Crippen LogP contribution in [0.2, 0.25) is 5.02 Å². The molecule has 1 amide bonds. The number of rotatable bonds is 4. The van der Waals surface area contributed by atoms with Crippen LogP contribution in [0.5, 0.6) is 5.75 Å². The molecule has 0 heterocycles. The van der Waals surface area contributed by atoms with E-state index in [1.54, 1.807) is 18.2 Å². The molecule has 0 spiro atoms. The number of benzene rings is 1. The third kappa shape index (κ3) is 3.46. The fourth-order valence-corrected chi connectivity index (χ4v) is 1.24. The molecular weight excluding hydrogens is 237 g/mol. The number of primary amides is 1. The highest BCUT2D eigenvalue weighted by molar-refractivity contribution is 6.31. The lowest BCUT2D eigenvalue weighted by atomic mass is 10.2. The molecule has 2 N–H and O–H groups in total. The Bertz CT molecular complexity index is 391. The number of carbonyl (C=O) groups excluding carboxylic acids is 1. The van der Waals surface area contributed by atoms with Crippen LogP contribution in [-0.4, -0.2) is 12.5 Å². The lowest BCUT2D eigenvalue weighted by Gasteiger charge is -2.07. The first kappa shape index (κ1) is 11.9. The van der Waals surface area contributed by atoms with E-state index >= 15 is 0 Å². The van der Waals surface area contributed by atoms with Crippen molar-refractivity contribution in [3.8, 4) is 5.75 Å². The second-order valence-corrected chi connectivity index (χ2v) is 3.37. The van der Waals surface area contributed by atoms with E-state index < -0.39 is 5.91 Å². The largest absolute Gasteiger partial charge is 0.489 e. The van der Waals surface area contributed by atoms with Gasteiger partial charge in [0, 0.05) is 10.6 Å². The summed E-state index contributed by atoms with van der Waals surface area (Å²) in [6.07, 6.45) is 1.60. The summed E-state index contributed by atoms with van der Waals surface area (Å²) in [5.74, 6) is -0.191. The Morgan fingerprint density at radius 2 is 2.27 bits per heavy atom. The summed E-state index contributed by atoms with van der Waals surface area (Å²) < 4.78 is 5.26. The van der Waals surface area contributed by atoms with Crippen LogP contribution < -0.4 is 10.5 Å². The Morgan fingerprint density at radius 1 is 1.53 bits per heavy atom. The average Bonchev–Trinajstić information content (AvgIpc) is 2.20. The van der Waals surface area contributed by atoms with Crippen LogP contribution in [0.25, 0.3) is 0 Å². The monoisotopic (exact) mass is 245 g/mol. The van der Waals surface area contributed by atoms with E-state index in [0.29, 0.717) is 10.8 Å². The molecule has 0 atom stereocenters. The second-order valence-electron chi connectivity index (χ2n) is 2.68. The number of amides is 1. The van der Waals surface area contributed by atoms with Gasteiger partial charge in [-0.3, -0.25) is 4.79 Å². The van der Waals surface area contributed by atoms with Crippen LogP contribution in [0.1, 0.15) is 10.4 Å². The van der Waals surface area contributed by atoms with E-state index in [4.69, 9.17) is 33.7 Å². The minimum absolute atomic E-state index is 0.255. The zero-order chi connectivity index (χ0) is 11.3. The lowest BCUT2D eigenvalue weighted by molar-refractivity contribution is 0.0997. The quantitative estimate of drug-likeness (QED) is 0.887. The zero-order valence-corrected chi connectivity index (χ0v) is 9.26. The summed E-state index contributed by atoms with van der Waals surface area (Å²) in [5, 5.41) is 0.434. The molecule has 15 heavy (non-hydrogen) atoms. The number of nitrogens with two attached hydrogens (primary N) is 1. The highest BCUT2D eigenvalue weighted by Gasteiger charge is 2.09. The molecule has 0 aliphatic heterocycles. The third-order valence-electron chi connectivity index (χ3n) is 1.63. The van der Waals surface area contributed by atoms with Gasteiger partial charge in [0.2, 0.25) is 0 Å². The van der Waals surface area contributed by atoms with Crippen LogP contribution in [-0.2, 0) is 0 Å². The molecule has 0 fully saturated rings. The van der Waals surface area contributed by atoms with E-state index in [9.17, 15) is 4.79 Å². The number of hydrogen-bond acceptors (Lipinski definition) is 2. The molecule has 3 nitrogen and oxygen atoms in total. The average molecular weight is 246 g/mol. The molecule has 1 aromatic rings. The minimum atomic E-state index is -0.581. The van der Waals surface area contributed by atoms with E-state index in [0.717, 1.165) is 0 Å². The molecular formula is C10H9Cl2NO2. The van der Waals surface area contributed by atoms with Crippen LogP contribution in [0.3, 0.4) is 0 Å². The van der Waals surface area contributed by atoms with E-state index in [2.05, 4.69) is 0 Å². The summed E-state index contributed by atoms with van der Waals surface area (Å²) in [5.41, 5.74) is 6.75. The van der Waals surface area contributed by atoms with Crippen molar-refractivity contribution >= 4 is 29.1 Å². The van der Waals surface area contributed by atoms with Crippen molar-refractivity contribution in [2.24, 2.45) is 5.73 Å². The maximum atomic E-state index is 11.0. The second kappa shape index (κ2) is 5.63. The maximum Gasteiger partial charge on any atom is 0.252 e. The molecule has 0 bridgehead atoms. The Hall–Kier alpha value is -1.19. The Balaban J connectivity index is 2.90. The van der Waals surface area contributed by atoms with Crippen molar-refractivity contribution in [2.45, 2.75) is 0 Å². The number of halogens is 2. The highest BCUT2D eigenvalue weighted by atomic mass is 35.5. The fraction of sp³-hybridized carbons (Fsp3) is 0.100. The highest BCUT2D eigenvalue weighted by Crippen LogP contribution is 2.22. The Morgan fingerprint density at radius 3 is 2.87 bits per heavy atom. The van der Waals surface area contributed by atoms with Gasteiger partial charge in [-0.1, -0.05) is 23.2 Å². The summed E-state index contributed by atoms with van der Waals surface area (Å²) in [6, 6.07) is 4.67. The van der Waals surface area contributed by atoms with Crippen molar-refractivity contribution < 1.29 is 9.53 Å². The fourth-order valence-electron chi connectivity index (χ4n) is 0.995. The van der Waals surface area contributed by atoms with Gasteiger partial charge in [0.25, 0.3) is 5.91 Å². The van der Waals surface area contributed by atoms with Crippen LogP contribution >= 0.6 is 23.2 Å². The topological polar surface area (TPSA) is 52.3 Å². The van der Waals surface area contributed by atoms with E-state index in [-0.39, 0.29) is 12.2 Å². The predicted molar refractivity (Wildman–Crippen MR) is 60.5 cm³/mol. The molecule has 1 aromatic carbocycles. The Labute approximate surface area is 97.4 Å². The SMILES string of the molecule is NC(=O)c1cc(Cl)ccc1OC/C=C/Cl. The molecule has 0 radical (unpaired) electrons. The third-order valence-corrected chi connectivity index (χ3v) is 2.04. The van der Waals surface area contributed by atoms with Gasteiger partial charge in [0.15, 0.2) is 0 Å². The van der Waals surface area contributed by atoms with Crippen molar-refractivity contribution in [2.75, 3.05) is 6.61 Å². The van der Waals surface area contributed by atoms with Crippen LogP contribution in [0.4, 0.5) is 0 Å². The van der Waals surface area contributed by atoms with Crippen LogP contribution in [0.15, 0.2) is 29.8 Å². The molecule has 0 saturated heterocycles. The van der Waals surface area contributed by atoms with Gasteiger partial charge in [-0.25, -0.2) is 0 Å². The molecule has 0 aliphatic rings. The van der Waals surface area contributed by atoms with Gasteiger partial charge < -0.3 is 10.5 Å². The van der Waals surface area contributed by atoms with Crippen LogP contribution in [0, 0.1) is 0 Å². The van der Waals surface area contributed by atoms with Gasteiger partial charge in [-0.15, -0.1) is 0 Å². The summed E-state index contributed by atoms with van der Waals surface area (Å²) >= 11 is 11.0. The van der Waals surface area contributed by atoms with Gasteiger partial charge >= 0.3 is 0 Å². The number of carbonyl (C=O) groups is 1. The number of ether oxygens (including phenoxy) is 1.